The van der Waals surface area contributed by atoms with E-state index >= 15 is 0 Å². The van der Waals surface area contributed by atoms with Crippen LogP contribution in [0, 0.1) is 23.7 Å². The average molecular weight is 195 g/mol. The summed E-state index contributed by atoms with van der Waals surface area (Å²) in [5.74, 6) is 3.02. The Bertz CT molecular complexity index is 214. The summed E-state index contributed by atoms with van der Waals surface area (Å²) in [6, 6.07) is 0. The van der Waals surface area contributed by atoms with Crippen LogP contribution < -0.4 is 5.32 Å². The standard InChI is InChI=1S/C12H21NO/c1-8(12(14)13-2)11-6-9-4-3-5-10(9)7-11/h8-11H,3-7H2,1-2H3,(H,13,14)/t8-,9?,10?,11?/m0/s1. The van der Waals surface area contributed by atoms with Crippen molar-refractivity contribution in [3.63, 3.8) is 0 Å². The van der Waals surface area contributed by atoms with E-state index in [-0.39, 0.29) is 11.8 Å². The van der Waals surface area contributed by atoms with E-state index in [0.29, 0.717) is 5.92 Å². The van der Waals surface area contributed by atoms with Crippen molar-refractivity contribution in [1.29, 1.82) is 0 Å². The summed E-state index contributed by atoms with van der Waals surface area (Å²) in [7, 11) is 1.74. The first kappa shape index (κ1) is 10.0. The molecule has 2 unspecified atom stereocenters. The van der Waals surface area contributed by atoms with E-state index in [2.05, 4.69) is 12.2 Å². The molecule has 0 aromatic carbocycles. The highest BCUT2D eigenvalue weighted by atomic mass is 16.1. The van der Waals surface area contributed by atoms with Crippen LogP contribution in [-0.2, 0) is 4.79 Å². The molecule has 1 N–H and O–H groups in total. The number of carbonyl (C=O) groups excluding carboxylic acids is 1. The van der Waals surface area contributed by atoms with Crippen molar-refractivity contribution in [2.24, 2.45) is 23.7 Å². The second-order valence-corrected chi connectivity index (χ2v) is 5.09. The van der Waals surface area contributed by atoms with E-state index in [0.717, 1.165) is 11.8 Å². The summed E-state index contributed by atoms with van der Waals surface area (Å²) in [6.45, 7) is 2.09. The van der Waals surface area contributed by atoms with Crippen LogP contribution in [0.3, 0.4) is 0 Å². The Labute approximate surface area is 86.5 Å². The van der Waals surface area contributed by atoms with Gasteiger partial charge < -0.3 is 5.32 Å². The van der Waals surface area contributed by atoms with Crippen molar-refractivity contribution in [3.8, 4) is 0 Å². The topological polar surface area (TPSA) is 29.1 Å². The molecule has 2 fully saturated rings. The Morgan fingerprint density at radius 2 is 1.86 bits per heavy atom. The van der Waals surface area contributed by atoms with Crippen LogP contribution >= 0.6 is 0 Å². The molecule has 0 aromatic rings. The first-order valence-electron chi connectivity index (χ1n) is 5.94. The summed E-state index contributed by atoms with van der Waals surface area (Å²) in [5, 5.41) is 2.77. The van der Waals surface area contributed by atoms with Gasteiger partial charge in [0.2, 0.25) is 5.91 Å². The lowest BCUT2D eigenvalue weighted by Gasteiger charge is -2.18. The minimum atomic E-state index is 0.227. The average Bonchev–Trinajstić information content (AvgIpc) is 2.74. The van der Waals surface area contributed by atoms with Crippen LogP contribution in [0.1, 0.15) is 39.0 Å². The van der Waals surface area contributed by atoms with Gasteiger partial charge in [0.05, 0.1) is 0 Å². The second-order valence-electron chi connectivity index (χ2n) is 5.09. The van der Waals surface area contributed by atoms with Crippen LogP contribution in [0.2, 0.25) is 0 Å². The molecule has 2 saturated carbocycles. The van der Waals surface area contributed by atoms with E-state index < -0.39 is 0 Å². The van der Waals surface area contributed by atoms with E-state index in [1.54, 1.807) is 7.05 Å². The van der Waals surface area contributed by atoms with Crippen LogP contribution in [0.25, 0.3) is 0 Å². The quantitative estimate of drug-likeness (QED) is 0.719. The van der Waals surface area contributed by atoms with Gasteiger partial charge in [-0.05, 0) is 30.6 Å². The van der Waals surface area contributed by atoms with Crippen LogP contribution in [0.15, 0.2) is 0 Å². The minimum absolute atomic E-state index is 0.227. The molecule has 0 aliphatic heterocycles. The van der Waals surface area contributed by atoms with Gasteiger partial charge in [-0.3, -0.25) is 4.79 Å². The normalized spacial score (nSPS) is 38.0. The molecule has 2 aliphatic carbocycles. The molecule has 0 heterocycles. The number of rotatable bonds is 2. The summed E-state index contributed by atoms with van der Waals surface area (Å²) in [4.78, 5) is 11.5. The number of hydrogen-bond donors (Lipinski definition) is 1. The fourth-order valence-electron chi connectivity index (χ4n) is 3.46. The highest BCUT2D eigenvalue weighted by Crippen LogP contribution is 2.48. The van der Waals surface area contributed by atoms with Gasteiger partial charge in [-0.1, -0.05) is 26.2 Å². The molecule has 2 heteroatoms. The van der Waals surface area contributed by atoms with Crippen molar-refractivity contribution >= 4 is 5.91 Å². The van der Waals surface area contributed by atoms with Crippen molar-refractivity contribution in [2.45, 2.75) is 39.0 Å². The molecule has 3 atom stereocenters. The highest BCUT2D eigenvalue weighted by molar-refractivity contribution is 5.78. The van der Waals surface area contributed by atoms with Gasteiger partial charge in [0.25, 0.3) is 0 Å². The molecule has 0 saturated heterocycles. The molecule has 2 rings (SSSR count). The maximum atomic E-state index is 11.5. The van der Waals surface area contributed by atoms with E-state index in [4.69, 9.17) is 0 Å². The zero-order chi connectivity index (χ0) is 10.1. The van der Waals surface area contributed by atoms with Crippen molar-refractivity contribution < 1.29 is 4.79 Å². The SMILES string of the molecule is CNC(=O)[C@@H](C)C1CC2CCCC2C1. The monoisotopic (exact) mass is 195 g/mol. The third-order valence-electron chi connectivity index (χ3n) is 4.39. The number of carbonyl (C=O) groups is 1. The lowest BCUT2D eigenvalue weighted by atomic mass is 9.89. The predicted octanol–water partition coefficient (Wildman–Crippen LogP) is 2.19. The van der Waals surface area contributed by atoms with E-state index in [1.165, 1.54) is 32.1 Å². The van der Waals surface area contributed by atoms with Gasteiger partial charge in [-0.15, -0.1) is 0 Å². The van der Waals surface area contributed by atoms with E-state index in [9.17, 15) is 4.79 Å². The fourth-order valence-corrected chi connectivity index (χ4v) is 3.46. The molecule has 2 aliphatic rings. The smallest absolute Gasteiger partial charge is 0.222 e. The second kappa shape index (κ2) is 3.92. The number of hydrogen-bond acceptors (Lipinski definition) is 1. The Hall–Kier alpha value is -0.530. The minimum Gasteiger partial charge on any atom is -0.359 e. The summed E-state index contributed by atoms with van der Waals surface area (Å²) in [5.41, 5.74) is 0. The Morgan fingerprint density at radius 3 is 2.36 bits per heavy atom. The van der Waals surface area contributed by atoms with Gasteiger partial charge >= 0.3 is 0 Å². The zero-order valence-corrected chi connectivity index (χ0v) is 9.25. The molecular formula is C12H21NO. The van der Waals surface area contributed by atoms with Gasteiger partial charge in [0, 0.05) is 13.0 Å². The highest BCUT2D eigenvalue weighted by Gasteiger charge is 2.40. The van der Waals surface area contributed by atoms with Crippen molar-refractivity contribution in [2.75, 3.05) is 7.05 Å². The molecule has 0 bridgehead atoms. The van der Waals surface area contributed by atoms with Crippen LogP contribution in [-0.4, -0.2) is 13.0 Å². The Morgan fingerprint density at radius 1 is 1.29 bits per heavy atom. The Kier molecular flexibility index (Phi) is 2.80. The fraction of sp³-hybridized carbons (Fsp3) is 0.917. The van der Waals surface area contributed by atoms with Gasteiger partial charge in [-0.2, -0.15) is 0 Å². The molecule has 80 valence electrons. The lowest BCUT2D eigenvalue weighted by Crippen LogP contribution is -2.29. The summed E-state index contributed by atoms with van der Waals surface area (Å²) >= 11 is 0. The largest absolute Gasteiger partial charge is 0.359 e. The molecule has 14 heavy (non-hydrogen) atoms. The zero-order valence-electron chi connectivity index (χ0n) is 9.25. The van der Waals surface area contributed by atoms with Gasteiger partial charge in [0.1, 0.15) is 0 Å². The predicted molar refractivity (Wildman–Crippen MR) is 56.8 cm³/mol. The van der Waals surface area contributed by atoms with Crippen LogP contribution in [0.5, 0.6) is 0 Å². The molecular weight excluding hydrogens is 174 g/mol. The van der Waals surface area contributed by atoms with Crippen LogP contribution in [0.4, 0.5) is 0 Å². The molecule has 2 nitrogen and oxygen atoms in total. The Balaban J connectivity index is 1.92. The third kappa shape index (κ3) is 1.67. The maximum Gasteiger partial charge on any atom is 0.222 e. The molecule has 1 amide bonds. The number of nitrogens with one attached hydrogen (secondary N) is 1. The summed E-state index contributed by atoms with van der Waals surface area (Å²) < 4.78 is 0. The lowest BCUT2D eigenvalue weighted by molar-refractivity contribution is -0.125. The van der Waals surface area contributed by atoms with Crippen molar-refractivity contribution in [1.82, 2.24) is 5.32 Å². The first-order valence-corrected chi connectivity index (χ1v) is 5.94. The molecule has 0 aromatic heterocycles. The molecule has 0 spiro atoms. The number of fused-ring (bicyclic) bond motifs is 1. The first-order chi connectivity index (χ1) is 6.72. The van der Waals surface area contributed by atoms with Gasteiger partial charge in [0.15, 0.2) is 0 Å². The van der Waals surface area contributed by atoms with Crippen molar-refractivity contribution in [3.05, 3.63) is 0 Å². The maximum absolute atomic E-state index is 11.5. The van der Waals surface area contributed by atoms with E-state index in [1.807, 2.05) is 0 Å². The molecule has 0 radical (unpaired) electrons. The number of amides is 1. The van der Waals surface area contributed by atoms with Gasteiger partial charge in [-0.25, -0.2) is 0 Å². The summed E-state index contributed by atoms with van der Waals surface area (Å²) in [6.07, 6.45) is 6.87. The third-order valence-corrected chi connectivity index (χ3v) is 4.39.